The van der Waals surface area contributed by atoms with Gasteiger partial charge in [0, 0.05) is 22.9 Å². The quantitative estimate of drug-likeness (QED) is 0.913. The second-order valence-electron chi connectivity index (χ2n) is 5.33. The zero-order chi connectivity index (χ0) is 13.1. The molecule has 100 valence electrons. The average molecular weight is 272 g/mol. The smallest absolute Gasteiger partial charge is 0.0950 e. The Morgan fingerprint density at radius 2 is 2.16 bits per heavy atom. The molecule has 2 aromatic rings. The highest BCUT2D eigenvalue weighted by atomic mass is 32.1. The Kier molecular flexibility index (Phi) is 3.67. The number of thiazole rings is 1. The first-order valence-electron chi connectivity index (χ1n) is 7.06. The van der Waals surface area contributed by atoms with Gasteiger partial charge in [-0.25, -0.2) is 4.98 Å². The van der Waals surface area contributed by atoms with Crippen LogP contribution < -0.4 is 5.32 Å². The second-order valence-corrected chi connectivity index (χ2v) is 6.28. The molecule has 0 radical (unpaired) electrons. The highest BCUT2D eigenvalue weighted by molar-refractivity contribution is 7.09. The Morgan fingerprint density at radius 1 is 1.32 bits per heavy atom. The Bertz CT molecular complexity index is 527. The summed E-state index contributed by atoms with van der Waals surface area (Å²) in [5.74, 6) is 0. The van der Waals surface area contributed by atoms with Gasteiger partial charge in [-0.05, 0) is 25.8 Å². The predicted molar refractivity (Wildman–Crippen MR) is 81.5 cm³/mol. The summed E-state index contributed by atoms with van der Waals surface area (Å²) in [7, 11) is 0. The van der Waals surface area contributed by atoms with Gasteiger partial charge in [-0.3, -0.25) is 0 Å². The molecular formula is C16H20N2S. The third-order valence-electron chi connectivity index (χ3n) is 4.12. The van der Waals surface area contributed by atoms with E-state index in [0.29, 0.717) is 5.54 Å². The minimum Gasteiger partial charge on any atom is -0.311 e. The largest absolute Gasteiger partial charge is 0.311 e. The first-order chi connectivity index (χ1) is 9.31. The number of nitrogens with one attached hydrogen (secondary N) is 1. The molecule has 1 saturated heterocycles. The lowest BCUT2D eigenvalue weighted by Crippen LogP contribution is -2.41. The van der Waals surface area contributed by atoms with Crippen LogP contribution in [0.1, 0.15) is 31.2 Å². The molecule has 0 spiro atoms. The van der Waals surface area contributed by atoms with Crippen LogP contribution in [0.4, 0.5) is 0 Å². The molecule has 1 aliphatic rings. The van der Waals surface area contributed by atoms with Crippen LogP contribution in [-0.2, 0) is 6.42 Å². The van der Waals surface area contributed by atoms with Gasteiger partial charge in [-0.1, -0.05) is 37.3 Å². The van der Waals surface area contributed by atoms with Gasteiger partial charge in [0.25, 0.3) is 0 Å². The molecule has 19 heavy (non-hydrogen) atoms. The topological polar surface area (TPSA) is 24.9 Å². The molecule has 1 unspecified atom stereocenters. The molecule has 0 amide bonds. The summed E-state index contributed by atoms with van der Waals surface area (Å²) in [5, 5.41) is 7.13. The van der Waals surface area contributed by atoms with Crippen molar-refractivity contribution in [1.82, 2.24) is 10.3 Å². The summed E-state index contributed by atoms with van der Waals surface area (Å²) in [6, 6.07) is 10.4. The molecule has 0 bridgehead atoms. The maximum Gasteiger partial charge on any atom is 0.0950 e. The van der Waals surface area contributed by atoms with Crippen molar-refractivity contribution < 1.29 is 0 Å². The minimum absolute atomic E-state index is 0.297. The van der Waals surface area contributed by atoms with Crippen LogP contribution in [0.15, 0.2) is 35.7 Å². The molecule has 0 aliphatic carbocycles. The van der Waals surface area contributed by atoms with Crippen molar-refractivity contribution in [2.75, 3.05) is 6.54 Å². The summed E-state index contributed by atoms with van der Waals surface area (Å²) in [6.07, 6.45) is 4.84. The standard InChI is InChI=1S/C16H20N2S/c1-2-16(9-6-10-17-16)11-15-18-14(12-19-15)13-7-4-3-5-8-13/h3-5,7-8,12,17H,2,6,9-11H2,1H3. The van der Waals surface area contributed by atoms with E-state index in [4.69, 9.17) is 4.98 Å². The first kappa shape index (κ1) is 12.8. The lowest BCUT2D eigenvalue weighted by molar-refractivity contribution is 0.359. The summed E-state index contributed by atoms with van der Waals surface area (Å²) in [5.41, 5.74) is 2.63. The lowest BCUT2D eigenvalue weighted by atomic mass is 9.91. The van der Waals surface area contributed by atoms with Crippen molar-refractivity contribution in [3.63, 3.8) is 0 Å². The zero-order valence-corrected chi connectivity index (χ0v) is 12.2. The van der Waals surface area contributed by atoms with Gasteiger partial charge in [-0.15, -0.1) is 11.3 Å². The van der Waals surface area contributed by atoms with Crippen LogP contribution in [0, 0.1) is 0 Å². The summed E-state index contributed by atoms with van der Waals surface area (Å²) >= 11 is 1.79. The fraction of sp³-hybridized carbons (Fsp3) is 0.438. The molecule has 1 fully saturated rings. The minimum atomic E-state index is 0.297. The van der Waals surface area contributed by atoms with E-state index in [1.807, 2.05) is 6.07 Å². The SMILES string of the molecule is CCC1(Cc2nc(-c3ccccc3)cs2)CCCN1. The molecule has 1 atom stereocenters. The highest BCUT2D eigenvalue weighted by Crippen LogP contribution is 2.30. The average Bonchev–Trinajstić information content (AvgIpc) is 3.10. The Morgan fingerprint density at radius 3 is 2.84 bits per heavy atom. The summed E-state index contributed by atoms with van der Waals surface area (Å²) in [4.78, 5) is 4.82. The molecule has 2 nitrogen and oxygen atoms in total. The fourth-order valence-corrected chi connectivity index (χ4v) is 3.82. The van der Waals surface area contributed by atoms with E-state index in [1.54, 1.807) is 11.3 Å². The molecule has 1 N–H and O–H groups in total. The van der Waals surface area contributed by atoms with Crippen LogP contribution in [0.2, 0.25) is 0 Å². The van der Waals surface area contributed by atoms with Crippen LogP contribution in [-0.4, -0.2) is 17.1 Å². The van der Waals surface area contributed by atoms with Gasteiger partial charge in [-0.2, -0.15) is 0 Å². The van der Waals surface area contributed by atoms with Crippen molar-refractivity contribution in [3.8, 4) is 11.3 Å². The van der Waals surface area contributed by atoms with E-state index in [9.17, 15) is 0 Å². The van der Waals surface area contributed by atoms with Crippen molar-refractivity contribution in [3.05, 3.63) is 40.7 Å². The predicted octanol–water partition coefficient (Wildman–Crippen LogP) is 3.88. The third kappa shape index (κ3) is 2.72. The maximum atomic E-state index is 4.82. The van der Waals surface area contributed by atoms with Crippen LogP contribution in [0.5, 0.6) is 0 Å². The van der Waals surface area contributed by atoms with Gasteiger partial charge in [0.05, 0.1) is 10.7 Å². The molecule has 0 saturated carbocycles. The van der Waals surface area contributed by atoms with E-state index in [2.05, 4.69) is 41.9 Å². The van der Waals surface area contributed by atoms with Gasteiger partial charge in [0.2, 0.25) is 0 Å². The molecule has 3 rings (SSSR count). The maximum absolute atomic E-state index is 4.82. The first-order valence-corrected chi connectivity index (χ1v) is 7.94. The summed E-state index contributed by atoms with van der Waals surface area (Å²) < 4.78 is 0. The zero-order valence-electron chi connectivity index (χ0n) is 11.4. The van der Waals surface area contributed by atoms with Crippen molar-refractivity contribution >= 4 is 11.3 Å². The molecule has 3 heteroatoms. The fourth-order valence-electron chi connectivity index (χ4n) is 2.87. The van der Waals surface area contributed by atoms with Crippen molar-refractivity contribution in [2.24, 2.45) is 0 Å². The van der Waals surface area contributed by atoms with Crippen molar-refractivity contribution in [1.29, 1.82) is 0 Å². The monoisotopic (exact) mass is 272 g/mol. The van der Waals surface area contributed by atoms with E-state index in [0.717, 1.165) is 18.7 Å². The summed E-state index contributed by atoms with van der Waals surface area (Å²) in [6.45, 7) is 3.44. The van der Waals surface area contributed by atoms with Gasteiger partial charge < -0.3 is 5.32 Å². The van der Waals surface area contributed by atoms with E-state index in [1.165, 1.54) is 29.8 Å². The number of hydrogen-bond acceptors (Lipinski definition) is 3. The van der Waals surface area contributed by atoms with Gasteiger partial charge >= 0.3 is 0 Å². The number of aromatic nitrogens is 1. The Labute approximate surface area is 118 Å². The number of benzene rings is 1. The number of rotatable bonds is 4. The molecule has 1 aromatic carbocycles. The Balaban J connectivity index is 1.78. The molecule has 1 aliphatic heterocycles. The lowest BCUT2D eigenvalue weighted by Gasteiger charge is -2.26. The van der Waals surface area contributed by atoms with Crippen LogP contribution in [0.25, 0.3) is 11.3 Å². The third-order valence-corrected chi connectivity index (χ3v) is 4.97. The van der Waals surface area contributed by atoms with E-state index in [-0.39, 0.29) is 0 Å². The van der Waals surface area contributed by atoms with E-state index >= 15 is 0 Å². The van der Waals surface area contributed by atoms with Gasteiger partial charge in [0.15, 0.2) is 0 Å². The van der Waals surface area contributed by atoms with Crippen LogP contribution in [0.3, 0.4) is 0 Å². The molecular weight excluding hydrogens is 252 g/mol. The highest BCUT2D eigenvalue weighted by Gasteiger charge is 2.32. The number of nitrogens with zero attached hydrogens (tertiary/aromatic N) is 1. The normalized spacial score (nSPS) is 22.8. The van der Waals surface area contributed by atoms with Gasteiger partial charge in [0.1, 0.15) is 0 Å². The van der Waals surface area contributed by atoms with E-state index < -0.39 is 0 Å². The molecule has 1 aromatic heterocycles. The molecule has 2 heterocycles. The second kappa shape index (κ2) is 5.43. The van der Waals surface area contributed by atoms with Crippen molar-refractivity contribution in [2.45, 2.75) is 38.1 Å². The number of hydrogen-bond donors (Lipinski definition) is 1. The van der Waals surface area contributed by atoms with Crippen LogP contribution >= 0.6 is 11.3 Å². The Hall–Kier alpha value is -1.19.